The molecule has 4 rings (SSSR count). The largest absolute Gasteiger partial charge is 0.383 e. The van der Waals surface area contributed by atoms with E-state index in [1.165, 1.54) is 0 Å². The number of amides is 2. The molecule has 0 saturated carbocycles. The number of hydrogen-bond acceptors (Lipinski definition) is 4. The molecule has 0 fully saturated rings. The molecule has 2 aromatic heterocycles. The monoisotopic (exact) mass is 431 g/mol. The maximum Gasteiger partial charge on any atom is 0.271 e. The summed E-state index contributed by atoms with van der Waals surface area (Å²) in [6.07, 6.45) is 0. The number of nitrogens with one attached hydrogen (secondary N) is 1. The lowest BCUT2D eigenvalue weighted by Crippen LogP contribution is -2.63. The number of methoxy groups -OCH3 is 1. The zero-order valence-corrected chi connectivity index (χ0v) is 17.8. The van der Waals surface area contributed by atoms with E-state index < -0.39 is 5.54 Å². The van der Waals surface area contributed by atoms with Gasteiger partial charge >= 0.3 is 0 Å². The van der Waals surface area contributed by atoms with Gasteiger partial charge in [-0.2, -0.15) is 0 Å². The minimum Gasteiger partial charge on any atom is -0.383 e. The van der Waals surface area contributed by atoms with Gasteiger partial charge in [0, 0.05) is 30.6 Å². The van der Waals surface area contributed by atoms with Crippen molar-refractivity contribution in [2.24, 2.45) is 0 Å². The van der Waals surface area contributed by atoms with E-state index in [0.29, 0.717) is 30.4 Å². The van der Waals surface area contributed by atoms with Gasteiger partial charge in [-0.25, -0.2) is 0 Å². The molecule has 0 unspecified atom stereocenters. The lowest BCUT2D eigenvalue weighted by molar-refractivity contribution is -0.133. The zero-order valence-electron chi connectivity index (χ0n) is 16.3. The van der Waals surface area contributed by atoms with Crippen molar-refractivity contribution < 1.29 is 14.3 Å². The first kappa shape index (κ1) is 19.9. The number of aromatic nitrogens is 1. The van der Waals surface area contributed by atoms with Crippen molar-refractivity contribution in [1.29, 1.82) is 0 Å². The van der Waals surface area contributed by atoms with Crippen LogP contribution in [-0.4, -0.2) is 47.1 Å². The summed E-state index contributed by atoms with van der Waals surface area (Å²) in [5.41, 5.74) is 0.341. The highest BCUT2D eigenvalue weighted by atomic mass is 35.5. The first-order valence-corrected chi connectivity index (χ1v) is 10.6. The van der Waals surface area contributed by atoms with Crippen LogP contribution in [0.2, 0.25) is 5.02 Å². The second-order valence-electron chi connectivity index (χ2n) is 7.30. The molecule has 1 aromatic carbocycles. The minimum absolute atomic E-state index is 0.177. The number of thiophene rings is 1. The average Bonchev–Trinajstić information content (AvgIpc) is 3.29. The van der Waals surface area contributed by atoms with Gasteiger partial charge in [-0.15, -0.1) is 11.3 Å². The fourth-order valence-corrected chi connectivity index (χ4v) is 4.85. The van der Waals surface area contributed by atoms with Gasteiger partial charge in [0.2, 0.25) is 5.91 Å². The summed E-state index contributed by atoms with van der Waals surface area (Å²) >= 11 is 7.93. The summed E-state index contributed by atoms with van der Waals surface area (Å²) in [5.74, 6) is -0.386. The average molecular weight is 432 g/mol. The van der Waals surface area contributed by atoms with Crippen LogP contribution in [0.25, 0.3) is 10.2 Å². The molecule has 3 aromatic rings. The van der Waals surface area contributed by atoms with Crippen LogP contribution >= 0.6 is 22.9 Å². The first-order chi connectivity index (χ1) is 14.0. The number of ether oxygens (including phenoxy) is 1. The Balaban J connectivity index is 1.76. The van der Waals surface area contributed by atoms with Gasteiger partial charge in [0.15, 0.2) is 0 Å². The molecule has 3 heterocycles. The number of fused-ring (bicyclic) bond motifs is 3. The lowest BCUT2D eigenvalue weighted by Gasteiger charge is -2.44. The van der Waals surface area contributed by atoms with E-state index in [-0.39, 0.29) is 18.4 Å². The summed E-state index contributed by atoms with van der Waals surface area (Å²) < 4.78 is 7.01. The van der Waals surface area contributed by atoms with E-state index in [9.17, 15) is 9.59 Å². The lowest BCUT2D eigenvalue weighted by atomic mass is 9.94. The van der Waals surface area contributed by atoms with Gasteiger partial charge in [-0.05, 0) is 36.1 Å². The van der Waals surface area contributed by atoms with E-state index in [1.807, 2.05) is 47.2 Å². The van der Waals surface area contributed by atoms with Gasteiger partial charge < -0.3 is 19.5 Å². The third kappa shape index (κ3) is 3.43. The van der Waals surface area contributed by atoms with Crippen molar-refractivity contribution in [2.75, 3.05) is 20.3 Å². The SMILES string of the molecule is COCCNC(=O)[C@@]1(C)Cn2c(cc3ccsc32)C(=O)N1Cc1ccccc1Cl. The summed E-state index contributed by atoms with van der Waals surface area (Å²) in [7, 11) is 1.58. The normalized spacial score (nSPS) is 18.9. The molecule has 0 radical (unpaired) electrons. The van der Waals surface area contributed by atoms with Gasteiger partial charge in [0.1, 0.15) is 16.1 Å². The Morgan fingerprint density at radius 1 is 1.34 bits per heavy atom. The molecule has 29 heavy (non-hydrogen) atoms. The molecule has 0 aliphatic carbocycles. The highest BCUT2D eigenvalue weighted by molar-refractivity contribution is 7.16. The first-order valence-electron chi connectivity index (χ1n) is 9.35. The van der Waals surface area contributed by atoms with E-state index >= 15 is 0 Å². The third-order valence-corrected chi connectivity index (χ3v) is 6.72. The Morgan fingerprint density at radius 2 is 2.14 bits per heavy atom. The Hall–Kier alpha value is -2.35. The number of benzene rings is 1. The van der Waals surface area contributed by atoms with E-state index in [1.54, 1.807) is 29.4 Å². The van der Waals surface area contributed by atoms with Crippen molar-refractivity contribution >= 4 is 45.0 Å². The van der Waals surface area contributed by atoms with Crippen molar-refractivity contribution in [3.8, 4) is 0 Å². The number of nitrogens with zero attached hydrogens (tertiary/aromatic N) is 2. The molecule has 0 spiro atoms. The molecule has 6 nitrogen and oxygen atoms in total. The number of carbonyl (C=O) groups is 2. The van der Waals surface area contributed by atoms with Crippen LogP contribution in [0.3, 0.4) is 0 Å². The summed E-state index contributed by atoms with van der Waals surface area (Å²) in [5, 5.41) is 6.49. The second kappa shape index (κ2) is 7.82. The zero-order chi connectivity index (χ0) is 20.6. The summed E-state index contributed by atoms with van der Waals surface area (Å²) in [6.45, 7) is 3.23. The molecule has 152 valence electrons. The Kier molecular flexibility index (Phi) is 5.38. The van der Waals surface area contributed by atoms with Crippen LogP contribution in [0.5, 0.6) is 0 Å². The van der Waals surface area contributed by atoms with Crippen molar-refractivity contribution in [1.82, 2.24) is 14.8 Å². The van der Waals surface area contributed by atoms with Crippen molar-refractivity contribution in [2.45, 2.75) is 25.6 Å². The Labute approximate surface area is 178 Å². The fourth-order valence-electron chi connectivity index (χ4n) is 3.76. The third-order valence-electron chi connectivity index (χ3n) is 5.40. The highest BCUT2D eigenvalue weighted by Crippen LogP contribution is 2.36. The molecule has 1 aliphatic rings. The molecule has 1 N–H and O–H groups in total. The number of carbonyl (C=O) groups excluding carboxylic acids is 2. The number of halogens is 1. The molecule has 8 heteroatoms. The molecule has 0 bridgehead atoms. The molecule has 1 aliphatic heterocycles. The van der Waals surface area contributed by atoms with Gasteiger partial charge in [-0.3, -0.25) is 9.59 Å². The maximum atomic E-state index is 13.5. The molecule has 0 saturated heterocycles. The molecule has 1 atom stereocenters. The highest BCUT2D eigenvalue weighted by Gasteiger charge is 2.47. The number of rotatable bonds is 6. The van der Waals surface area contributed by atoms with E-state index in [0.717, 1.165) is 15.8 Å². The predicted molar refractivity (Wildman–Crippen MR) is 114 cm³/mol. The molecular formula is C21H22ClN3O3S. The van der Waals surface area contributed by atoms with Crippen LogP contribution in [0.15, 0.2) is 41.8 Å². The summed E-state index contributed by atoms with van der Waals surface area (Å²) in [6, 6.07) is 11.3. The van der Waals surface area contributed by atoms with E-state index in [2.05, 4.69) is 5.32 Å². The predicted octanol–water partition coefficient (Wildman–Crippen LogP) is 3.53. The topological polar surface area (TPSA) is 63.6 Å². The Morgan fingerprint density at radius 3 is 2.90 bits per heavy atom. The molecule has 2 amide bonds. The van der Waals surface area contributed by atoms with Gasteiger partial charge in [-0.1, -0.05) is 29.8 Å². The smallest absolute Gasteiger partial charge is 0.271 e. The molecular weight excluding hydrogens is 410 g/mol. The maximum absolute atomic E-state index is 13.5. The van der Waals surface area contributed by atoms with Crippen molar-refractivity contribution in [3.63, 3.8) is 0 Å². The summed E-state index contributed by atoms with van der Waals surface area (Å²) in [4.78, 5) is 29.4. The Bertz CT molecular complexity index is 1080. The fraction of sp³-hybridized carbons (Fsp3) is 0.333. The van der Waals surface area contributed by atoms with E-state index in [4.69, 9.17) is 16.3 Å². The van der Waals surface area contributed by atoms with Crippen LogP contribution in [-0.2, 0) is 22.6 Å². The van der Waals surface area contributed by atoms with Crippen LogP contribution < -0.4 is 5.32 Å². The van der Waals surface area contributed by atoms with Crippen LogP contribution in [0.1, 0.15) is 23.0 Å². The van der Waals surface area contributed by atoms with Crippen molar-refractivity contribution in [3.05, 3.63) is 58.1 Å². The van der Waals surface area contributed by atoms with Gasteiger partial charge in [0.05, 0.1) is 13.2 Å². The minimum atomic E-state index is -1.06. The number of hydrogen-bond donors (Lipinski definition) is 1. The second-order valence-corrected chi connectivity index (χ2v) is 8.60. The van der Waals surface area contributed by atoms with Crippen LogP contribution in [0, 0.1) is 0 Å². The van der Waals surface area contributed by atoms with Gasteiger partial charge in [0.25, 0.3) is 5.91 Å². The standard InChI is InChI=1S/C21H22ClN3O3S/c1-21(20(27)23-8-9-28-2)13-24-17(11-14-7-10-29-19(14)24)18(26)25(21)12-15-5-3-4-6-16(15)22/h3-7,10-11H,8-9,12-13H2,1-2H3,(H,23,27)/t21-/m1/s1. The quantitative estimate of drug-likeness (QED) is 0.607. The van der Waals surface area contributed by atoms with Crippen LogP contribution in [0.4, 0.5) is 0 Å².